The predicted octanol–water partition coefficient (Wildman–Crippen LogP) is 12.6. The standard InChI is InChI=1S/C46H85NO5/c1-3-5-7-9-11-13-15-16-20-24-28-32-36-40-46(51)52-41-37-33-29-25-21-17-19-23-27-31-35-39-45(50)47-43(42-48)44(49)38-34-30-26-22-18-14-12-10-8-6-4-2/h7,9,13,15,21,25,43-44,48-49H,3-6,8,10-12,14,16-20,22-24,26-42H2,1-2H3,(H,47,50)/b9-7-,15-13-,25-21-. The predicted molar refractivity (Wildman–Crippen MR) is 222 cm³/mol. The van der Waals surface area contributed by atoms with E-state index in [4.69, 9.17) is 4.74 Å². The highest BCUT2D eigenvalue weighted by Crippen LogP contribution is 2.14. The molecule has 0 heterocycles. The van der Waals surface area contributed by atoms with Crippen molar-refractivity contribution in [3.05, 3.63) is 36.5 Å². The first-order valence-electron chi connectivity index (χ1n) is 22.2. The summed E-state index contributed by atoms with van der Waals surface area (Å²) in [6.45, 7) is 4.77. The fourth-order valence-electron chi connectivity index (χ4n) is 6.43. The molecule has 0 aromatic carbocycles. The molecular weight excluding hydrogens is 647 g/mol. The molecule has 0 spiro atoms. The zero-order valence-corrected chi connectivity index (χ0v) is 34.3. The number of hydrogen-bond acceptors (Lipinski definition) is 5. The Morgan fingerprint density at radius 1 is 0.538 bits per heavy atom. The zero-order chi connectivity index (χ0) is 38.0. The molecule has 0 radical (unpaired) electrons. The number of carbonyl (C=O) groups is 2. The largest absolute Gasteiger partial charge is 0.466 e. The third-order valence-corrected chi connectivity index (χ3v) is 9.89. The van der Waals surface area contributed by atoms with Crippen LogP contribution in [0.25, 0.3) is 0 Å². The molecule has 0 aliphatic rings. The van der Waals surface area contributed by atoms with Crippen molar-refractivity contribution in [1.82, 2.24) is 5.32 Å². The van der Waals surface area contributed by atoms with Gasteiger partial charge in [0.15, 0.2) is 0 Å². The maximum absolute atomic E-state index is 12.4. The Morgan fingerprint density at radius 2 is 1.00 bits per heavy atom. The van der Waals surface area contributed by atoms with Crippen LogP contribution in [0.3, 0.4) is 0 Å². The Labute approximate surface area is 322 Å². The van der Waals surface area contributed by atoms with Gasteiger partial charge in [0.2, 0.25) is 5.91 Å². The molecule has 0 aromatic rings. The fraction of sp³-hybridized carbons (Fsp3) is 0.826. The van der Waals surface area contributed by atoms with Crippen molar-refractivity contribution in [3.63, 3.8) is 0 Å². The summed E-state index contributed by atoms with van der Waals surface area (Å²) in [7, 11) is 0. The molecule has 0 bridgehead atoms. The molecule has 304 valence electrons. The van der Waals surface area contributed by atoms with E-state index in [1.54, 1.807) is 0 Å². The molecule has 52 heavy (non-hydrogen) atoms. The Bertz CT molecular complexity index is 854. The van der Waals surface area contributed by atoms with Gasteiger partial charge in [0.25, 0.3) is 0 Å². The topological polar surface area (TPSA) is 95.9 Å². The van der Waals surface area contributed by atoms with Crippen molar-refractivity contribution in [2.45, 2.75) is 231 Å². The number of aliphatic hydroxyl groups is 2. The van der Waals surface area contributed by atoms with Crippen LogP contribution in [0.5, 0.6) is 0 Å². The summed E-state index contributed by atoms with van der Waals surface area (Å²) < 4.78 is 5.41. The van der Waals surface area contributed by atoms with Crippen molar-refractivity contribution in [2.24, 2.45) is 0 Å². The lowest BCUT2D eigenvalue weighted by Crippen LogP contribution is -2.45. The van der Waals surface area contributed by atoms with E-state index in [9.17, 15) is 19.8 Å². The van der Waals surface area contributed by atoms with Gasteiger partial charge in [-0.2, -0.15) is 0 Å². The van der Waals surface area contributed by atoms with E-state index in [0.717, 1.165) is 96.3 Å². The van der Waals surface area contributed by atoms with Crippen LogP contribution in [0.4, 0.5) is 0 Å². The second kappa shape index (κ2) is 41.8. The summed E-state index contributed by atoms with van der Waals surface area (Å²) in [5, 5.41) is 23.1. The Kier molecular flexibility index (Phi) is 40.3. The van der Waals surface area contributed by atoms with Crippen LogP contribution in [-0.4, -0.2) is 47.4 Å². The van der Waals surface area contributed by atoms with Crippen molar-refractivity contribution in [3.8, 4) is 0 Å². The summed E-state index contributed by atoms with van der Waals surface area (Å²) >= 11 is 0. The molecule has 6 nitrogen and oxygen atoms in total. The molecule has 2 atom stereocenters. The van der Waals surface area contributed by atoms with Crippen LogP contribution < -0.4 is 5.32 Å². The van der Waals surface area contributed by atoms with E-state index >= 15 is 0 Å². The second-order valence-electron chi connectivity index (χ2n) is 15.0. The van der Waals surface area contributed by atoms with Crippen molar-refractivity contribution >= 4 is 11.9 Å². The van der Waals surface area contributed by atoms with Gasteiger partial charge in [-0.15, -0.1) is 0 Å². The lowest BCUT2D eigenvalue weighted by atomic mass is 10.0. The maximum atomic E-state index is 12.4. The van der Waals surface area contributed by atoms with Gasteiger partial charge in [0, 0.05) is 12.8 Å². The van der Waals surface area contributed by atoms with Crippen molar-refractivity contribution in [2.75, 3.05) is 13.2 Å². The van der Waals surface area contributed by atoms with Gasteiger partial charge in [-0.25, -0.2) is 0 Å². The third-order valence-electron chi connectivity index (χ3n) is 9.89. The number of unbranched alkanes of at least 4 members (excludes halogenated alkanes) is 23. The van der Waals surface area contributed by atoms with Crippen molar-refractivity contribution in [1.29, 1.82) is 0 Å². The Hall–Kier alpha value is -1.92. The molecule has 0 aliphatic heterocycles. The smallest absolute Gasteiger partial charge is 0.305 e. The summed E-state index contributed by atoms with van der Waals surface area (Å²) in [5.74, 6) is -0.116. The molecule has 0 aromatic heterocycles. The fourth-order valence-corrected chi connectivity index (χ4v) is 6.43. The van der Waals surface area contributed by atoms with Gasteiger partial charge in [-0.3, -0.25) is 9.59 Å². The minimum atomic E-state index is -0.681. The number of hydrogen-bond donors (Lipinski definition) is 3. The average Bonchev–Trinajstić information content (AvgIpc) is 3.14. The first-order valence-corrected chi connectivity index (χ1v) is 22.2. The van der Waals surface area contributed by atoms with E-state index in [2.05, 4.69) is 55.6 Å². The van der Waals surface area contributed by atoms with E-state index in [1.807, 2.05) is 0 Å². The second-order valence-corrected chi connectivity index (χ2v) is 15.0. The van der Waals surface area contributed by atoms with Gasteiger partial charge in [0.05, 0.1) is 25.4 Å². The van der Waals surface area contributed by atoms with Crippen LogP contribution in [0.15, 0.2) is 36.5 Å². The number of aliphatic hydroxyl groups excluding tert-OH is 2. The molecular formula is C46H85NO5. The minimum absolute atomic E-state index is 0.0478. The van der Waals surface area contributed by atoms with Gasteiger partial charge in [-0.1, -0.05) is 166 Å². The molecule has 6 heteroatoms. The lowest BCUT2D eigenvalue weighted by molar-refractivity contribution is -0.143. The van der Waals surface area contributed by atoms with E-state index in [0.29, 0.717) is 25.9 Å². The lowest BCUT2D eigenvalue weighted by Gasteiger charge is -2.22. The zero-order valence-electron chi connectivity index (χ0n) is 34.3. The van der Waals surface area contributed by atoms with Gasteiger partial charge >= 0.3 is 5.97 Å². The van der Waals surface area contributed by atoms with Crippen LogP contribution >= 0.6 is 0 Å². The first kappa shape index (κ1) is 50.1. The highest BCUT2D eigenvalue weighted by atomic mass is 16.5. The van der Waals surface area contributed by atoms with Gasteiger partial charge in [-0.05, 0) is 77.0 Å². The van der Waals surface area contributed by atoms with Gasteiger partial charge in [0.1, 0.15) is 0 Å². The number of esters is 1. The Morgan fingerprint density at radius 3 is 1.56 bits per heavy atom. The highest BCUT2D eigenvalue weighted by Gasteiger charge is 2.20. The van der Waals surface area contributed by atoms with E-state index in [1.165, 1.54) is 89.9 Å². The number of nitrogens with one attached hydrogen (secondary N) is 1. The number of ether oxygens (including phenoxy) is 1. The molecule has 0 rings (SSSR count). The number of carbonyl (C=O) groups excluding carboxylic acids is 2. The van der Waals surface area contributed by atoms with E-state index in [-0.39, 0.29) is 18.5 Å². The number of allylic oxidation sites excluding steroid dienone is 6. The van der Waals surface area contributed by atoms with Crippen LogP contribution in [0.1, 0.15) is 219 Å². The quantitative estimate of drug-likeness (QED) is 0.0331. The third kappa shape index (κ3) is 37.8. The van der Waals surface area contributed by atoms with Crippen LogP contribution in [-0.2, 0) is 14.3 Å². The highest BCUT2D eigenvalue weighted by molar-refractivity contribution is 5.76. The monoisotopic (exact) mass is 732 g/mol. The number of rotatable bonds is 40. The molecule has 1 amide bonds. The average molecular weight is 732 g/mol. The summed E-state index contributed by atoms with van der Waals surface area (Å²) in [6, 6.07) is -0.562. The van der Waals surface area contributed by atoms with Gasteiger partial charge < -0.3 is 20.3 Å². The molecule has 2 unspecified atom stereocenters. The molecule has 0 fully saturated rings. The Balaban J connectivity index is 3.55. The summed E-state index contributed by atoms with van der Waals surface area (Å²) in [4.78, 5) is 24.3. The molecule has 0 saturated heterocycles. The SMILES string of the molecule is CCC/C=C\C/C=C\CCCCCCCC(=O)OCCCC/C=C\CCCCCCCC(=O)NC(CO)C(O)CCCCCCCCCCCCC. The summed E-state index contributed by atoms with van der Waals surface area (Å²) in [5.41, 5.74) is 0. The first-order chi connectivity index (χ1) is 25.5. The molecule has 0 aliphatic carbocycles. The molecule has 3 N–H and O–H groups in total. The van der Waals surface area contributed by atoms with Crippen molar-refractivity contribution < 1.29 is 24.5 Å². The van der Waals surface area contributed by atoms with Crippen LogP contribution in [0, 0.1) is 0 Å². The normalized spacial score (nSPS) is 13.1. The van der Waals surface area contributed by atoms with Crippen LogP contribution in [0.2, 0.25) is 0 Å². The number of amides is 1. The summed E-state index contributed by atoms with van der Waals surface area (Å²) in [6.07, 6.45) is 48.1. The maximum Gasteiger partial charge on any atom is 0.305 e. The molecule has 0 saturated carbocycles. The minimum Gasteiger partial charge on any atom is -0.466 e. The van der Waals surface area contributed by atoms with E-state index < -0.39 is 12.1 Å².